The van der Waals surface area contributed by atoms with Gasteiger partial charge in [-0.2, -0.15) is 0 Å². The van der Waals surface area contributed by atoms with Crippen LogP contribution in [0.1, 0.15) is 86.0 Å². The van der Waals surface area contributed by atoms with Gasteiger partial charge in [0, 0.05) is 11.3 Å². The minimum absolute atomic E-state index is 0.0463. The summed E-state index contributed by atoms with van der Waals surface area (Å²) in [6.45, 7) is 9.96. The minimum atomic E-state index is -1.34. The van der Waals surface area contributed by atoms with Crippen molar-refractivity contribution in [2.45, 2.75) is 115 Å². The highest BCUT2D eigenvalue weighted by atomic mass is 16.3. The first-order valence-electron chi connectivity index (χ1n) is 12.9. The summed E-state index contributed by atoms with van der Waals surface area (Å²) >= 11 is 0. The van der Waals surface area contributed by atoms with Gasteiger partial charge in [-0.1, -0.05) is 27.7 Å². The monoisotopic (exact) mass is 464 g/mol. The quantitative estimate of drug-likeness (QED) is 0.427. The van der Waals surface area contributed by atoms with Gasteiger partial charge < -0.3 is 25.5 Å². The van der Waals surface area contributed by atoms with Gasteiger partial charge in [0.25, 0.3) is 0 Å². The Morgan fingerprint density at radius 2 is 1.76 bits per heavy atom. The largest absolute Gasteiger partial charge is 0.390 e. The van der Waals surface area contributed by atoms with Crippen molar-refractivity contribution < 1.29 is 30.3 Å². The molecule has 4 rings (SSSR count). The molecule has 0 spiro atoms. The minimum Gasteiger partial charge on any atom is -0.390 e. The van der Waals surface area contributed by atoms with Gasteiger partial charge >= 0.3 is 0 Å². The van der Waals surface area contributed by atoms with Crippen molar-refractivity contribution in [3.8, 4) is 0 Å². The zero-order valence-electron chi connectivity index (χ0n) is 20.9. The maximum absolute atomic E-state index is 13.2. The number of rotatable bonds is 5. The van der Waals surface area contributed by atoms with Gasteiger partial charge in [0.15, 0.2) is 5.78 Å². The van der Waals surface area contributed by atoms with Gasteiger partial charge in [0.2, 0.25) is 0 Å². The summed E-state index contributed by atoms with van der Waals surface area (Å²) in [7, 11) is 0. The van der Waals surface area contributed by atoms with E-state index in [1.54, 1.807) is 13.0 Å². The van der Waals surface area contributed by atoms with Crippen LogP contribution >= 0.6 is 0 Å². The highest BCUT2D eigenvalue weighted by molar-refractivity contribution is 5.95. The lowest BCUT2D eigenvalue weighted by Crippen LogP contribution is -2.62. The van der Waals surface area contributed by atoms with E-state index in [1.165, 1.54) is 0 Å². The molecule has 4 aliphatic rings. The number of carbonyl (C=O) groups excluding carboxylic acids is 1. The molecule has 0 bridgehead atoms. The molecule has 0 aromatic carbocycles. The van der Waals surface area contributed by atoms with Gasteiger partial charge in [-0.05, 0) is 93.1 Å². The van der Waals surface area contributed by atoms with Gasteiger partial charge in [-0.15, -0.1) is 0 Å². The SMILES string of the molecule is CC(C)CC[C@@H](O)[C@](C)(O)C1CC[C@@]2(O)C3=CC(=O)[C@@H]4C[C@@H](O)[C@@H](O)C[C@]4(C)[C@H]3CC[C@]12C. The van der Waals surface area contributed by atoms with E-state index in [-0.39, 0.29) is 30.0 Å². The average Bonchev–Trinajstić information content (AvgIpc) is 3.00. The molecule has 0 aromatic heterocycles. The molecule has 10 atom stereocenters. The molecule has 3 saturated carbocycles. The molecule has 4 aliphatic carbocycles. The van der Waals surface area contributed by atoms with E-state index in [9.17, 15) is 30.3 Å². The topological polar surface area (TPSA) is 118 Å². The number of allylic oxidation sites excluding steroid dienone is 1. The van der Waals surface area contributed by atoms with Crippen LogP contribution in [-0.2, 0) is 4.79 Å². The normalized spacial score (nSPS) is 47.9. The maximum Gasteiger partial charge on any atom is 0.159 e. The van der Waals surface area contributed by atoms with E-state index in [4.69, 9.17) is 0 Å². The van der Waals surface area contributed by atoms with Gasteiger partial charge in [-0.3, -0.25) is 4.79 Å². The van der Waals surface area contributed by atoms with Crippen molar-refractivity contribution in [2.24, 2.45) is 34.5 Å². The Morgan fingerprint density at radius 1 is 1.09 bits per heavy atom. The predicted molar refractivity (Wildman–Crippen MR) is 125 cm³/mol. The molecule has 0 amide bonds. The third-order valence-electron chi connectivity index (χ3n) is 10.5. The lowest BCUT2D eigenvalue weighted by atomic mass is 9.45. The number of ketones is 1. The summed E-state index contributed by atoms with van der Waals surface area (Å²) in [4.78, 5) is 13.2. The number of hydrogen-bond donors (Lipinski definition) is 5. The van der Waals surface area contributed by atoms with Crippen molar-refractivity contribution in [3.63, 3.8) is 0 Å². The lowest BCUT2D eigenvalue weighted by molar-refractivity contribution is -0.176. The Bertz CT molecular complexity index is 819. The lowest BCUT2D eigenvalue weighted by Gasteiger charge is -2.60. The summed E-state index contributed by atoms with van der Waals surface area (Å²) in [6.07, 6.45) is 3.39. The fourth-order valence-corrected chi connectivity index (χ4v) is 8.32. The van der Waals surface area contributed by atoms with Gasteiger partial charge in [0.05, 0.1) is 29.5 Å². The summed E-state index contributed by atoms with van der Waals surface area (Å²) < 4.78 is 0. The smallest absolute Gasteiger partial charge is 0.159 e. The van der Waals surface area contributed by atoms with Crippen LogP contribution in [0, 0.1) is 34.5 Å². The van der Waals surface area contributed by atoms with Gasteiger partial charge in [0.1, 0.15) is 0 Å². The molecule has 188 valence electrons. The van der Waals surface area contributed by atoms with E-state index in [0.29, 0.717) is 38.0 Å². The molecule has 5 N–H and O–H groups in total. The van der Waals surface area contributed by atoms with E-state index in [0.717, 1.165) is 18.4 Å². The van der Waals surface area contributed by atoms with Crippen LogP contribution < -0.4 is 0 Å². The van der Waals surface area contributed by atoms with Crippen molar-refractivity contribution in [1.29, 1.82) is 0 Å². The first-order valence-corrected chi connectivity index (χ1v) is 12.9. The van der Waals surface area contributed by atoms with E-state index in [1.807, 2.05) is 13.8 Å². The maximum atomic E-state index is 13.2. The van der Waals surface area contributed by atoms with Crippen LogP contribution in [0.15, 0.2) is 11.6 Å². The molecule has 33 heavy (non-hydrogen) atoms. The van der Waals surface area contributed by atoms with Crippen LogP contribution in [0.25, 0.3) is 0 Å². The standard InChI is InChI=1S/C27H44O6/c1-15(2)6-7-23(31)26(5,32)22-9-11-27(33)17-12-19(28)18-13-20(29)21(30)14-24(18,3)16(17)8-10-25(22,27)4/h12,15-16,18,20-23,29-33H,6-11,13-14H2,1-5H3/t16-,18-,20+,21-,22?,23+,24+,25+,26+,27+/m0/s1. The van der Waals surface area contributed by atoms with Crippen molar-refractivity contribution in [3.05, 3.63) is 11.6 Å². The number of carbonyl (C=O) groups is 1. The number of aliphatic hydroxyl groups is 5. The van der Waals surface area contributed by atoms with Crippen LogP contribution in [-0.4, -0.2) is 60.8 Å². The summed E-state index contributed by atoms with van der Waals surface area (Å²) in [5.41, 5.74) is -2.98. The summed E-state index contributed by atoms with van der Waals surface area (Å²) in [5, 5.41) is 55.4. The highest BCUT2D eigenvalue weighted by Crippen LogP contribution is 2.68. The highest BCUT2D eigenvalue weighted by Gasteiger charge is 2.69. The summed E-state index contributed by atoms with van der Waals surface area (Å²) in [6, 6.07) is 0. The second kappa shape index (κ2) is 8.12. The Kier molecular flexibility index (Phi) is 6.23. The molecule has 1 unspecified atom stereocenters. The molecule has 6 nitrogen and oxygen atoms in total. The van der Waals surface area contributed by atoms with Crippen molar-refractivity contribution in [1.82, 2.24) is 0 Å². The predicted octanol–water partition coefficient (Wildman–Crippen LogP) is 2.74. The third-order valence-corrected chi connectivity index (χ3v) is 10.5. The number of hydrogen-bond acceptors (Lipinski definition) is 6. The Hall–Kier alpha value is -0.790. The van der Waals surface area contributed by atoms with Gasteiger partial charge in [-0.25, -0.2) is 0 Å². The Balaban J connectivity index is 1.68. The molecule has 0 aliphatic heterocycles. The van der Waals surface area contributed by atoms with Crippen LogP contribution in [0.5, 0.6) is 0 Å². The summed E-state index contributed by atoms with van der Waals surface area (Å²) in [5.74, 6) is -0.331. The molecule has 6 heteroatoms. The number of fused-ring (bicyclic) bond motifs is 5. The second-order valence-electron chi connectivity index (χ2n) is 12.8. The fraction of sp³-hybridized carbons (Fsp3) is 0.889. The van der Waals surface area contributed by atoms with E-state index in [2.05, 4.69) is 13.8 Å². The Labute approximate surface area is 198 Å². The van der Waals surface area contributed by atoms with Crippen LogP contribution in [0.2, 0.25) is 0 Å². The van der Waals surface area contributed by atoms with E-state index < -0.39 is 40.3 Å². The molecular formula is C27H44O6. The van der Waals surface area contributed by atoms with Crippen LogP contribution in [0.3, 0.4) is 0 Å². The molecule has 3 fully saturated rings. The molecule has 0 heterocycles. The molecule has 0 radical (unpaired) electrons. The van der Waals surface area contributed by atoms with E-state index >= 15 is 0 Å². The third kappa shape index (κ3) is 3.58. The van der Waals surface area contributed by atoms with Crippen molar-refractivity contribution in [2.75, 3.05) is 0 Å². The van der Waals surface area contributed by atoms with Crippen LogP contribution in [0.4, 0.5) is 0 Å². The number of aliphatic hydroxyl groups excluding tert-OH is 3. The molecular weight excluding hydrogens is 420 g/mol. The average molecular weight is 465 g/mol. The first kappa shape index (κ1) is 25.3. The Morgan fingerprint density at radius 3 is 2.39 bits per heavy atom. The van der Waals surface area contributed by atoms with Crippen molar-refractivity contribution >= 4 is 5.78 Å². The zero-order chi connectivity index (χ0) is 24.6. The second-order valence-corrected chi connectivity index (χ2v) is 12.8. The molecule has 0 saturated heterocycles. The fourth-order valence-electron chi connectivity index (χ4n) is 8.32. The first-order chi connectivity index (χ1) is 15.2. The molecule has 0 aromatic rings. The zero-order valence-corrected chi connectivity index (χ0v) is 20.9.